The van der Waals surface area contributed by atoms with Crippen molar-refractivity contribution in [3.63, 3.8) is 0 Å². The van der Waals surface area contributed by atoms with Gasteiger partial charge in [-0.1, -0.05) is 24.0 Å². The van der Waals surface area contributed by atoms with Crippen LogP contribution in [0.1, 0.15) is 15.9 Å². The van der Waals surface area contributed by atoms with E-state index in [-0.39, 0.29) is 25.7 Å². The summed E-state index contributed by atoms with van der Waals surface area (Å²) in [5.74, 6) is 5.03. The minimum Gasteiger partial charge on any atom is -0.389 e. The van der Waals surface area contributed by atoms with Gasteiger partial charge in [0.1, 0.15) is 6.61 Å². The first-order valence-electron chi connectivity index (χ1n) is 6.21. The van der Waals surface area contributed by atoms with Crippen LogP contribution in [0.25, 0.3) is 0 Å². The van der Waals surface area contributed by atoms with Crippen LogP contribution in [0.5, 0.6) is 0 Å². The molecule has 1 unspecified atom stereocenters. The highest BCUT2D eigenvalue weighted by Crippen LogP contribution is 2.10. The number of methoxy groups -OCH3 is 1. The van der Waals surface area contributed by atoms with Gasteiger partial charge >= 0.3 is 0 Å². The fourth-order valence-electron chi connectivity index (χ4n) is 1.76. The Hall–Kier alpha value is -1.87. The maximum atomic E-state index is 12.3. The highest BCUT2D eigenvalue weighted by Gasteiger charge is 2.17. The van der Waals surface area contributed by atoms with Crippen LogP contribution >= 0.6 is 0 Å². The van der Waals surface area contributed by atoms with E-state index in [2.05, 4.69) is 11.8 Å². The summed E-state index contributed by atoms with van der Waals surface area (Å²) < 4.78 is 4.83. The number of rotatable bonds is 5. The Balaban J connectivity index is 2.86. The number of ether oxygens (including phenoxy) is 1. The lowest BCUT2D eigenvalue weighted by molar-refractivity contribution is 0.0380. The zero-order valence-corrected chi connectivity index (χ0v) is 11.7. The summed E-state index contributed by atoms with van der Waals surface area (Å²) in [5, 5.41) is 18.4. The predicted octanol–water partition coefficient (Wildman–Crippen LogP) is 0.110. The van der Waals surface area contributed by atoms with Crippen LogP contribution in [0.4, 0.5) is 0 Å². The van der Waals surface area contributed by atoms with Crippen molar-refractivity contribution in [2.24, 2.45) is 0 Å². The van der Waals surface area contributed by atoms with E-state index < -0.39 is 6.10 Å². The summed E-state index contributed by atoms with van der Waals surface area (Å²) in [6, 6.07) is 6.91. The number of hydrogen-bond acceptors (Lipinski definition) is 4. The number of aliphatic hydroxyl groups is 2. The van der Waals surface area contributed by atoms with Crippen LogP contribution < -0.4 is 0 Å². The van der Waals surface area contributed by atoms with Gasteiger partial charge in [-0.05, 0) is 12.1 Å². The van der Waals surface area contributed by atoms with Crippen molar-refractivity contribution >= 4 is 5.91 Å². The molecule has 0 fully saturated rings. The summed E-state index contributed by atoms with van der Waals surface area (Å²) in [5.41, 5.74) is 1.00. The molecular weight excluding hydrogens is 258 g/mol. The molecular formula is C15H19NO4. The summed E-state index contributed by atoms with van der Waals surface area (Å²) in [6.07, 6.45) is -0.732. The van der Waals surface area contributed by atoms with Crippen LogP contribution in [-0.4, -0.2) is 61.0 Å². The Kier molecular flexibility index (Phi) is 6.74. The van der Waals surface area contributed by atoms with E-state index in [1.54, 1.807) is 31.3 Å². The Morgan fingerprint density at radius 2 is 2.15 bits per heavy atom. The highest BCUT2D eigenvalue weighted by atomic mass is 16.5. The number of hydrogen-bond donors (Lipinski definition) is 2. The molecule has 1 aromatic carbocycles. The van der Waals surface area contributed by atoms with Crippen molar-refractivity contribution in [3.05, 3.63) is 35.4 Å². The molecule has 108 valence electrons. The Morgan fingerprint density at radius 3 is 2.80 bits per heavy atom. The van der Waals surface area contributed by atoms with E-state index in [1.807, 2.05) is 0 Å². The Bertz CT molecular complexity index is 504. The highest BCUT2D eigenvalue weighted by molar-refractivity contribution is 5.96. The van der Waals surface area contributed by atoms with Crippen LogP contribution in [0, 0.1) is 11.8 Å². The number of amides is 1. The molecule has 1 atom stereocenters. The number of likely N-dealkylation sites (N-methyl/N-ethyl adjacent to an activating group) is 1. The molecule has 0 radical (unpaired) electrons. The van der Waals surface area contributed by atoms with Gasteiger partial charge in [0.05, 0.1) is 18.3 Å². The quantitative estimate of drug-likeness (QED) is 0.750. The smallest absolute Gasteiger partial charge is 0.254 e. The molecule has 0 spiro atoms. The van der Waals surface area contributed by atoms with Crippen LogP contribution in [-0.2, 0) is 4.74 Å². The van der Waals surface area contributed by atoms with E-state index in [0.29, 0.717) is 11.1 Å². The first-order valence-corrected chi connectivity index (χ1v) is 6.21. The molecule has 0 saturated carbocycles. The average molecular weight is 277 g/mol. The maximum Gasteiger partial charge on any atom is 0.254 e. The fourth-order valence-corrected chi connectivity index (χ4v) is 1.76. The minimum atomic E-state index is -0.732. The van der Waals surface area contributed by atoms with Crippen molar-refractivity contribution in [1.82, 2.24) is 4.90 Å². The van der Waals surface area contributed by atoms with E-state index in [1.165, 1.54) is 12.0 Å². The SMILES string of the molecule is COCC(O)CN(C)C(=O)c1ccccc1C#CCO. The zero-order valence-electron chi connectivity index (χ0n) is 11.7. The van der Waals surface area contributed by atoms with Crippen LogP contribution in [0.15, 0.2) is 24.3 Å². The minimum absolute atomic E-state index is 0.170. The Labute approximate surface area is 118 Å². The van der Waals surface area contributed by atoms with Gasteiger partial charge in [0, 0.05) is 26.3 Å². The third-order valence-corrected chi connectivity index (χ3v) is 2.65. The molecule has 5 heteroatoms. The summed E-state index contributed by atoms with van der Waals surface area (Å²) >= 11 is 0. The van der Waals surface area contributed by atoms with Crippen molar-refractivity contribution < 1.29 is 19.7 Å². The lowest BCUT2D eigenvalue weighted by atomic mass is 10.1. The topological polar surface area (TPSA) is 70.0 Å². The molecule has 1 aromatic rings. The summed E-state index contributed by atoms with van der Waals surface area (Å²) in [7, 11) is 3.10. The largest absolute Gasteiger partial charge is 0.389 e. The first-order chi connectivity index (χ1) is 9.60. The van der Waals surface area contributed by atoms with E-state index >= 15 is 0 Å². The number of nitrogens with zero attached hydrogens (tertiary/aromatic N) is 1. The maximum absolute atomic E-state index is 12.3. The number of aliphatic hydroxyl groups excluding tert-OH is 2. The normalized spacial score (nSPS) is 11.4. The fraction of sp³-hybridized carbons (Fsp3) is 0.400. The molecule has 0 aliphatic rings. The third kappa shape index (κ3) is 4.67. The molecule has 2 N–H and O–H groups in total. The molecule has 0 aliphatic heterocycles. The molecule has 20 heavy (non-hydrogen) atoms. The lowest BCUT2D eigenvalue weighted by Gasteiger charge is -2.21. The number of carbonyl (C=O) groups excluding carboxylic acids is 1. The molecule has 1 amide bonds. The molecule has 0 saturated heterocycles. The average Bonchev–Trinajstić information content (AvgIpc) is 2.44. The standard InChI is InChI=1S/C15H19NO4/c1-16(10-13(18)11-20-2)15(19)14-8-4-3-6-12(14)7-5-9-17/h3-4,6,8,13,17-18H,9-11H2,1-2H3. The van der Waals surface area contributed by atoms with Crippen molar-refractivity contribution in [2.75, 3.05) is 33.9 Å². The van der Waals surface area contributed by atoms with Crippen LogP contribution in [0.3, 0.4) is 0 Å². The van der Waals surface area contributed by atoms with Crippen molar-refractivity contribution in [1.29, 1.82) is 0 Å². The second kappa shape index (κ2) is 8.33. The molecule has 5 nitrogen and oxygen atoms in total. The van der Waals surface area contributed by atoms with E-state index in [9.17, 15) is 9.90 Å². The van der Waals surface area contributed by atoms with Gasteiger partial charge in [0.25, 0.3) is 5.91 Å². The van der Waals surface area contributed by atoms with E-state index in [0.717, 1.165) is 0 Å². The number of carbonyl (C=O) groups is 1. The third-order valence-electron chi connectivity index (χ3n) is 2.65. The molecule has 0 aromatic heterocycles. The van der Waals surface area contributed by atoms with Crippen molar-refractivity contribution in [2.45, 2.75) is 6.10 Å². The summed E-state index contributed by atoms with van der Waals surface area (Å²) in [4.78, 5) is 13.7. The second-order valence-electron chi connectivity index (χ2n) is 4.30. The second-order valence-corrected chi connectivity index (χ2v) is 4.30. The monoisotopic (exact) mass is 277 g/mol. The van der Waals surface area contributed by atoms with Gasteiger partial charge < -0.3 is 19.8 Å². The predicted molar refractivity (Wildman–Crippen MR) is 75.2 cm³/mol. The van der Waals surface area contributed by atoms with Gasteiger partial charge in [-0.25, -0.2) is 0 Å². The van der Waals surface area contributed by atoms with Gasteiger partial charge in [-0.15, -0.1) is 0 Å². The zero-order chi connectivity index (χ0) is 15.0. The molecule has 0 bridgehead atoms. The van der Waals surface area contributed by atoms with Crippen molar-refractivity contribution in [3.8, 4) is 11.8 Å². The first kappa shape index (κ1) is 16.2. The molecule has 1 rings (SSSR count). The number of benzene rings is 1. The van der Waals surface area contributed by atoms with Gasteiger partial charge in [0.2, 0.25) is 0 Å². The Morgan fingerprint density at radius 1 is 1.45 bits per heavy atom. The molecule has 0 aliphatic carbocycles. The van der Waals surface area contributed by atoms with Crippen LogP contribution in [0.2, 0.25) is 0 Å². The lowest BCUT2D eigenvalue weighted by Crippen LogP contribution is -2.36. The van der Waals surface area contributed by atoms with Gasteiger partial charge in [-0.3, -0.25) is 4.79 Å². The molecule has 0 heterocycles. The van der Waals surface area contributed by atoms with Gasteiger partial charge in [-0.2, -0.15) is 0 Å². The summed E-state index contributed by atoms with van der Waals surface area (Å²) in [6.45, 7) is 0.0862. The van der Waals surface area contributed by atoms with E-state index in [4.69, 9.17) is 9.84 Å². The van der Waals surface area contributed by atoms with Gasteiger partial charge in [0.15, 0.2) is 0 Å².